The number of sulfonamides is 1. The molecule has 0 bridgehead atoms. The molecule has 0 amide bonds. The van der Waals surface area contributed by atoms with E-state index in [9.17, 15) is 8.42 Å². The number of ether oxygens (including phenoxy) is 1. The molecule has 0 fully saturated rings. The summed E-state index contributed by atoms with van der Waals surface area (Å²) in [6, 6.07) is 0. The Morgan fingerprint density at radius 3 is 2.44 bits per heavy atom. The first-order valence-corrected chi connectivity index (χ1v) is 7.36. The van der Waals surface area contributed by atoms with Crippen LogP contribution >= 0.6 is 0 Å². The van der Waals surface area contributed by atoms with Gasteiger partial charge in [-0.05, 0) is 33.7 Å². The molecule has 0 aliphatic heterocycles. The quantitative estimate of drug-likeness (QED) is 0.550. The van der Waals surface area contributed by atoms with Crippen LogP contribution in [0.2, 0.25) is 0 Å². The van der Waals surface area contributed by atoms with Crippen LogP contribution in [-0.2, 0) is 14.8 Å². The van der Waals surface area contributed by atoms with E-state index in [1.165, 1.54) is 0 Å². The fourth-order valence-corrected chi connectivity index (χ4v) is 2.15. The molecular weight excluding hydrogens is 228 g/mol. The summed E-state index contributed by atoms with van der Waals surface area (Å²) in [4.78, 5) is 0. The van der Waals surface area contributed by atoms with Crippen LogP contribution in [-0.4, -0.2) is 47.0 Å². The van der Waals surface area contributed by atoms with E-state index in [-0.39, 0.29) is 11.9 Å². The van der Waals surface area contributed by atoms with E-state index in [4.69, 9.17) is 4.74 Å². The van der Waals surface area contributed by atoms with Crippen LogP contribution in [0.25, 0.3) is 0 Å². The SMILES string of the molecule is CNCCS(=O)(=O)NCCCCOC(C)C. The van der Waals surface area contributed by atoms with Crippen molar-refractivity contribution in [1.29, 1.82) is 0 Å². The monoisotopic (exact) mass is 252 g/mol. The lowest BCUT2D eigenvalue weighted by molar-refractivity contribution is 0.0762. The Morgan fingerprint density at radius 1 is 1.19 bits per heavy atom. The first kappa shape index (κ1) is 15.8. The lowest BCUT2D eigenvalue weighted by Crippen LogP contribution is -2.31. The van der Waals surface area contributed by atoms with Crippen LogP contribution < -0.4 is 10.0 Å². The molecular formula is C10H24N2O3S. The molecule has 0 heterocycles. The highest BCUT2D eigenvalue weighted by atomic mass is 32.2. The van der Waals surface area contributed by atoms with Crippen molar-refractivity contribution >= 4 is 10.0 Å². The molecule has 98 valence electrons. The van der Waals surface area contributed by atoms with E-state index in [1.807, 2.05) is 13.8 Å². The molecule has 0 saturated carbocycles. The molecule has 6 heteroatoms. The molecule has 0 aliphatic rings. The highest BCUT2D eigenvalue weighted by Gasteiger charge is 2.07. The molecule has 0 aromatic rings. The lowest BCUT2D eigenvalue weighted by Gasteiger charge is -2.08. The fourth-order valence-electron chi connectivity index (χ4n) is 1.08. The minimum Gasteiger partial charge on any atom is -0.379 e. The van der Waals surface area contributed by atoms with Crippen LogP contribution in [0.15, 0.2) is 0 Å². The van der Waals surface area contributed by atoms with Gasteiger partial charge in [0.15, 0.2) is 0 Å². The van der Waals surface area contributed by atoms with Crippen molar-refractivity contribution in [3.8, 4) is 0 Å². The second-order valence-corrected chi connectivity index (χ2v) is 5.87. The van der Waals surface area contributed by atoms with Gasteiger partial charge >= 0.3 is 0 Å². The fraction of sp³-hybridized carbons (Fsp3) is 1.00. The Hall–Kier alpha value is -0.170. The van der Waals surface area contributed by atoms with E-state index >= 15 is 0 Å². The lowest BCUT2D eigenvalue weighted by atomic mass is 10.3. The second-order valence-electron chi connectivity index (χ2n) is 3.94. The van der Waals surface area contributed by atoms with Gasteiger partial charge in [-0.1, -0.05) is 0 Å². The van der Waals surface area contributed by atoms with E-state index in [0.717, 1.165) is 12.8 Å². The first-order valence-electron chi connectivity index (χ1n) is 5.71. The maximum absolute atomic E-state index is 11.3. The van der Waals surface area contributed by atoms with Crippen molar-refractivity contribution in [1.82, 2.24) is 10.0 Å². The second kappa shape index (κ2) is 8.92. The van der Waals surface area contributed by atoms with Crippen molar-refractivity contribution in [2.75, 3.05) is 32.5 Å². The van der Waals surface area contributed by atoms with Crippen LogP contribution in [0.3, 0.4) is 0 Å². The maximum Gasteiger partial charge on any atom is 0.212 e. The van der Waals surface area contributed by atoms with Crippen LogP contribution in [0.4, 0.5) is 0 Å². The molecule has 5 nitrogen and oxygen atoms in total. The van der Waals surface area contributed by atoms with E-state index in [1.54, 1.807) is 7.05 Å². The third kappa shape index (κ3) is 10.4. The number of nitrogens with one attached hydrogen (secondary N) is 2. The molecule has 0 aromatic carbocycles. The molecule has 0 aliphatic carbocycles. The molecule has 0 saturated heterocycles. The first-order chi connectivity index (χ1) is 7.48. The summed E-state index contributed by atoms with van der Waals surface area (Å²) in [5.74, 6) is 0.131. The van der Waals surface area contributed by atoms with Gasteiger partial charge in [-0.2, -0.15) is 0 Å². The maximum atomic E-state index is 11.3. The van der Waals surface area contributed by atoms with Gasteiger partial charge in [-0.25, -0.2) is 13.1 Å². The summed E-state index contributed by atoms with van der Waals surface area (Å²) in [6.07, 6.45) is 1.94. The molecule has 0 spiro atoms. The summed E-state index contributed by atoms with van der Waals surface area (Å²) >= 11 is 0. The van der Waals surface area contributed by atoms with Gasteiger partial charge in [0.05, 0.1) is 11.9 Å². The van der Waals surface area contributed by atoms with Gasteiger partial charge in [-0.15, -0.1) is 0 Å². The average Bonchev–Trinajstić information content (AvgIpc) is 2.20. The van der Waals surface area contributed by atoms with Crippen LogP contribution in [0.5, 0.6) is 0 Å². The predicted octanol–water partition coefficient (Wildman–Crippen LogP) is 0.330. The third-order valence-corrected chi connectivity index (χ3v) is 3.35. The Bertz CT molecular complexity index is 253. The van der Waals surface area contributed by atoms with Crippen molar-refractivity contribution < 1.29 is 13.2 Å². The van der Waals surface area contributed by atoms with E-state index in [0.29, 0.717) is 19.7 Å². The Kier molecular flexibility index (Phi) is 8.83. The zero-order valence-corrected chi connectivity index (χ0v) is 11.3. The van der Waals surface area contributed by atoms with Gasteiger partial charge < -0.3 is 10.1 Å². The standard InChI is InChI=1S/C10H24N2O3S/c1-10(2)15-8-5-4-6-12-16(13,14)9-7-11-3/h10-12H,4-9H2,1-3H3. The van der Waals surface area contributed by atoms with Gasteiger partial charge in [0.1, 0.15) is 0 Å². The van der Waals surface area contributed by atoms with Crippen molar-refractivity contribution in [2.24, 2.45) is 0 Å². The smallest absolute Gasteiger partial charge is 0.212 e. The number of unbranched alkanes of at least 4 members (excludes halogenated alkanes) is 1. The van der Waals surface area contributed by atoms with Gasteiger partial charge in [0.2, 0.25) is 10.0 Å². The molecule has 0 radical (unpaired) electrons. The molecule has 0 unspecified atom stereocenters. The summed E-state index contributed by atoms with van der Waals surface area (Å²) in [5, 5.41) is 2.81. The molecule has 0 aromatic heterocycles. The normalized spacial score (nSPS) is 12.2. The summed E-state index contributed by atoms with van der Waals surface area (Å²) < 4.78 is 30.6. The zero-order chi connectivity index (χ0) is 12.4. The van der Waals surface area contributed by atoms with Crippen LogP contribution in [0.1, 0.15) is 26.7 Å². The minimum absolute atomic E-state index is 0.131. The van der Waals surface area contributed by atoms with E-state index in [2.05, 4.69) is 10.0 Å². The van der Waals surface area contributed by atoms with Gasteiger partial charge in [-0.3, -0.25) is 0 Å². The highest BCUT2D eigenvalue weighted by Crippen LogP contribution is 1.94. The van der Waals surface area contributed by atoms with Crippen molar-refractivity contribution in [3.63, 3.8) is 0 Å². The Morgan fingerprint density at radius 2 is 1.88 bits per heavy atom. The summed E-state index contributed by atoms with van der Waals surface area (Å²) in [6.45, 7) is 5.64. The zero-order valence-electron chi connectivity index (χ0n) is 10.5. The van der Waals surface area contributed by atoms with E-state index < -0.39 is 10.0 Å². The number of hydrogen-bond donors (Lipinski definition) is 2. The molecule has 0 rings (SSSR count). The predicted molar refractivity (Wildman–Crippen MR) is 66.0 cm³/mol. The van der Waals surface area contributed by atoms with Gasteiger partial charge in [0, 0.05) is 19.7 Å². The topological polar surface area (TPSA) is 67.4 Å². The highest BCUT2D eigenvalue weighted by molar-refractivity contribution is 7.89. The molecule has 0 atom stereocenters. The minimum atomic E-state index is -3.10. The molecule has 2 N–H and O–H groups in total. The van der Waals surface area contributed by atoms with Crippen LogP contribution in [0, 0.1) is 0 Å². The average molecular weight is 252 g/mol. The largest absolute Gasteiger partial charge is 0.379 e. The summed E-state index contributed by atoms with van der Waals surface area (Å²) in [7, 11) is -1.37. The molecule has 16 heavy (non-hydrogen) atoms. The van der Waals surface area contributed by atoms with Crippen molar-refractivity contribution in [2.45, 2.75) is 32.8 Å². The third-order valence-electron chi connectivity index (χ3n) is 1.97. The van der Waals surface area contributed by atoms with Crippen molar-refractivity contribution in [3.05, 3.63) is 0 Å². The number of rotatable bonds is 10. The number of hydrogen-bond acceptors (Lipinski definition) is 4. The van der Waals surface area contributed by atoms with Gasteiger partial charge in [0.25, 0.3) is 0 Å². The summed E-state index contributed by atoms with van der Waals surface area (Å²) in [5.41, 5.74) is 0. The Balaban J connectivity index is 3.43. The Labute approximate surface area is 99.0 Å².